The predicted molar refractivity (Wildman–Crippen MR) is 51.3 cm³/mol. The van der Waals surface area contributed by atoms with Crippen molar-refractivity contribution in [2.45, 2.75) is 34.2 Å². The molecule has 0 aliphatic carbocycles. The van der Waals surface area contributed by atoms with Crippen LogP contribution in [0.15, 0.2) is 11.5 Å². The topological polar surface area (TPSA) is 65.0 Å². The molecule has 1 N–H and O–H groups in total. The largest absolute Gasteiger partial charge is 0.457 e. The highest BCUT2D eigenvalue weighted by Crippen LogP contribution is 2.22. The van der Waals surface area contributed by atoms with Crippen molar-refractivity contribution in [2.75, 3.05) is 6.61 Å². The summed E-state index contributed by atoms with van der Waals surface area (Å²) >= 11 is 0. The number of allylic oxidation sites excluding steroid dienone is 1. The molecule has 1 unspecified atom stereocenters. The molecule has 0 radical (unpaired) electrons. The Hall–Kier alpha value is -1.23. The lowest BCUT2D eigenvalue weighted by Gasteiger charge is -2.16. The average molecular weight is 216 g/mol. The van der Waals surface area contributed by atoms with Gasteiger partial charge in [-0.3, -0.25) is 4.79 Å². The van der Waals surface area contributed by atoms with E-state index in [9.17, 15) is 4.79 Å². The first-order chi connectivity index (χ1) is 6.80. The highest BCUT2D eigenvalue weighted by molar-refractivity contribution is 5.75. The summed E-state index contributed by atoms with van der Waals surface area (Å²) in [6, 6.07) is 0. The molecule has 0 saturated heterocycles. The van der Waals surface area contributed by atoms with Crippen molar-refractivity contribution in [3.63, 3.8) is 0 Å². The number of aliphatic hydroxyl groups is 1. The number of esters is 1. The third kappa shape index (κ3) is 3.13. The smallest absolute Gasteiger partial charge is 0.358 e. The average Bonchev–Trinajstić information content (AvgIpc) is 2.39. The van der Waals surface area contributed by atoms with Crippen molar-refractivity contribution >= 4 is 5.97 Å². The summed E-state index contributed by atoms with van der Waals surface area (Å²) < 4.78 is 14.7. The first-order valence-electron chi connectivity index (χ1n) is 4.69. The molecule has 5 heteroatoms. The van der Waals surface area contributed by atoms with Crippen LogP contribution in [0.4, 0.5) is 0 Å². The molecular weight excluding hydrogens is 200 g/mol. The van der Waals surface area contributed by atoms with Crippen LogP contribution in [-0.2, 0) is 19.0 Å². The first-order valence-corrected chi connectivity index (χ1v) is 4.69. The normalized spacial score (nSPS) is 21.0. The van der Waals surface area contributed by atoms with Crippen molar-refractivity contribution in [3.8, 4) is 0 Å². The third-order valence-electron chi connectivity index (χ3n) is 1.86. The van der Waals surface area contributed by atoms with Crippen LogP contribution in [-0.4, -0.2) is 24.2 Å². The van der Waals surface area contributed by atoms with Crippen LogP contribution in [0.5, 0.6) is 0 Å². The van der Waals surface area contributed by atoms with E-state index in [0.29, 0.717) is 11.5 Å². The first kappa shape index (κ1) is 11.8. The zero-order valence-electron chi connectivity index (χ0n) is 9.36. The van der Waals surface area contributed by atoms with Gasteiger partial charge in [0, 0.05) is 0 Å². The number of carbonyl (C=O) groups excluding carboxylic acids is 1. The number of rotatable bonds is 2. The van der Waals surface area contributed by atoms with Gasteiger partial charge in [-0.25, -0.2) is 0 Å². The summed E-state index contributed by atoms with van der Waals surface area (Å²) in [5.74, 6) is 0.456. The van der Waals surface area contributed by atoms with E-state index in [1.54, 1.807) is 27.7 Å². The van der Waals surface area contributed by atoms with Crippen LogP contribution in [0.3, 0.4) is 0 Å². The molecule has 0 spiro atoms. The van der Waals surface area contributed by atoms with Gasteiger partial charge in [0.1, 0.15) is 5.76 Å². The maximum Gasteiger partial charge on any atom is 0.358 e. The lowest BCUT2D eigenvalue weighted by molar-refractivity contribution is -0.196. The molecule has 1 aliphatic rings. The van der Waals surface area contributed by atoms with Gasteiger partial charge < -0.3 is 19.3 Å². The van der Waals surface area contributed by atoms with Gasteiger partial charge in [-0.1, -0.05) is 0 Å². The van der Waals surface area contributed by atoms with Crippen molar-refractivity contribution in [1.82, 2.24) is 0 Å². The molecule has 1 heterocycles. The molecular formula is C10H16O5. The number of ether oxygens (including phenoxy) is 3. The highest BCUT2D eigenvalue weighted by Gasteiger charge is 2.27. The van der Waals surface area contributed by atoms with Crippen LogP contribution in [0, 0.1) is 5.41 Å². The van der Waals surface area contributed by atoms with E-state index < -0.39 is 11.9 Å². The molecule has 0 aromatic heterocycles. The van der Waals surface area contributed by atoms with Gasteiger partial charge >= 0.3 is 12.4 Å². The maximum atomic E-state index is 11.4. The maximum absolute atomic E-state index is 11.4. The molecule has 0 aromatic rings. The van der Waals surface area contributed by atoms with Crippen LogP contribution in [0.25, 0.3) is 0 Å². The van der Waals surface area contributed by atoms with Crippen molar-refractivity contribution in [1.29, 1.82) is 0 Å². The summed E-state index contributed by atoms with van der Waals surface area (Å²) in [4.78, 5) is 11.4. The van der Waals surface area contributed by atoms with Gasteiger partial charge in [0.2, 0.25) is 0 Å². The molecule has 0 amide bonds. The van der Waals surface area contributed by atoms with E-state index in [1.807, 2.05) is 0 Å². The number of hydrogen-bond acceptors (Lipinski definition) is 5. The number of carbonyl (C=O) groups is 1. The van der Waals surface area contributed by atoms with E-state index in [1.165, 1.54) is 0 Å². The fourth-order valence-corrected chi connectivity index (χ4v) is 0.929. The minimum atomic E-state index is -1.28. The molecule has 1 rings (SSSR count). The third-order valence-corrected chi connectivity index (χ3v) is 1.86. The Morgan fingerprint density at radius 1 is 1.47 bits per heavy atom. The Morgan fingerprint density at radius 2 is 2.07 bits per heavy atom. The minimum Gasteiger partial charge on any atom is -0.457 e. The van der Waals surface area contributed by atoms with Crippen LogP contribution >= 0.6 is 0 Å². The van der Waals surface area contributed by atoms with E-state index in [2.05, 4.69) is 0 Å². The Balaban J connectivity index is 2.45. The van der Waals surface area contributed by atoms with Crippen LogP contribution < -0.4 is 0 Å². The van der Waals surface area contributed by atoms with Crippen LogP contribution in [0.2, 0.25) is 0 Å². The molecule has 15 heavy (non-hydrogen) atoms. The molecule has 0 fully saturated rings. The second kappa shape index (κ2) is 4.10. The number of hydrogen-bond donors (Lipinski definition) is 1. The van der Waals surface area contributed by atoms with Gasteiger partial charge in [-0.15, -0.1) is 0 Å². The van der Waals surface area contributed by atoms with Gasteiger partial charge in [0.15, 0.2) is 12.4 Å². The summed E-state index contributed by atoms with van der Waals surface area (Å²) in [5, 5.41) is 8.97. The second-order valence-corrected chi connectivity index (χ2v) is 4.35. The van der Waals surface area contributed by atoms with Crippen molar-refractivity contribution in [2.24, 2.45) is 5.41 Å². The molecule has 0 bridgehead atoms. The fourth-order valence-electron chi connectivity index (χ4n) is 0.929. The fraction of sp³-hybridized carbons (Fsp3) is 0.700. The zero-order valence-corrected chi connectivity index (χ0v) is 9.36. The summed E-state index contributed by atoms with van der Waals surface area (Å²) in [5.41, 5.74) is -0.549. The SMILES string of the molecule is CC1=C(COC(=O)C(C)(C)C)OC(O)O1. The minimum absolute atomic E-state index is 0.0149. The number of aliphatic hydroxyl groups excluding tert-OH is 1. The Morgan fingerprint density at radius 3 is 2.47 bits per heavy atom. The van der Waals surface area contributed by atoms with Gasteiger partial charge in [-0.05, 0) is 27.7 Å². The van der Waals surface area contributed by atoms with Crippen molar-refractivity contribution in [3.05, 3.63) is 11.5 Å². The molecule has 5 nitrogen and oxygen atoms in total. The standard InChI is InChI=1S/C10H16O5/c1-6-7(15-9(12)14-6)5-13-8(11)10(2,3)4/h9,12H,5H2,1-4H3. The Bertz CT molecular complexity index is 287. The highest BCUT2D eigenvalue weighted by atomic mass is 16.8. The zero-order chi connectivity index (χ0) is 11.6. The quantitative estimate of drug-likeness (QED) is 0.701. The van der Waals surface area contributed by atoms with Gasteiger partial charge in [0.05, 0.1) is 5.41 Å². The second-order valence-electron chi connectivity index (χ2n) is 4.35. The molecule has 1 aliphatic heterocycles. The Labute approximate surface area is 88.6 Å². The molecule has 1 atom stereocenters. The predicted octanol–water partition coefficient (Wildman–Crippen LogP) is 1.13. The van der Waals surface area contributed by atoms with Crippen LogP contribution in [0.1, 0.15) is 27.7 Å². The molecule has 0 saturated carbocycles. The van der Waals surface area contributed by atoms with E-state index in [4.69, 9.17) is 19.3 Å². The lowest BCUT2D eigenvalue weighted by Crippen LogP contribution is -2.24. The monoisotopic (exact) mass is 216 g/mol. The molecule has 0 aromatic carbocycles. The Kier molecular flexibility index (Phi) is 3.24. The van der Waals surface area contributed by atoms with E-state index in [-0.39, 0.29) is 12.6 Å². The lowest BCUT2D eigenvalue weighted by atomic mass is 9.97. The van der Waals surface area contributed by atoms with Crippen molar-refractivity contribution < 1.29 is 24.1 Å². The molecule has 86 valence electrons. The summed E-state index contributed by atoms with van der Waals surface area (Å²) in [6.45, 7) is 5.62. The van der Waals surface area contributed by atoms with Gasteiger partial charge in [0.25, 0.3) is 0 Å². The summed E-state index contributed by atoms with van der Waals surface area (Å²) in [6.07, 6.45) is 0. The summed E-state index contributed by atoms with van der Waals surface area (Å²) in [7, 11) is 0. The van der Waals surface area contributed by atoms with E-state index >= 15 is 0 Å². The van der Waals surface area contributed by atoms with Gasteiger partial charge in [-0.2, -0.15) is 0 Å². The van der Waals surface area contributed by atoms with E-state index in [0.717, 1.165) is 0 Å².